The van der Waals surface area contributed by atoms with Gasteiger partial charge in [0.25, 0.3) is 5.91 Å². The minimum atomic E-state index is -1.27. The van der Waals surface area contributed by atoms with Gasteiger partial charge in [-0.2, -0.15) is 5.10 Å². The van der Waals surface area contributed by atoms with Crippen molar-refractivity contribution in [3.05, 3.63) is 71.4 Å². The maximum Gasteiger partial charge on any atom is 0.408 e. The Labute approximate surface area is 203 Å². The summed E-state index contributed by atoms with van der Waals surface area (Å²) in [4.78, 5) is 37.1. The largest absolute Gasteiger partial charge is 0.476 e. The molecule has 4 rings (SSSR count). The minimum absolute atomic E-state index is 0.0942. The summed E-state index contributed by atoms with van der Waals surface area (Å²) in [7, 11) is 1.53. The molecule has 1 aliphatic rings. The first-order valence-corrected chi connectivity index (χ1v) is 11.5. The van der Waals surface area contributed by atoms with Gasteiger partial charge in [0.2, 0.25) is 0 Å². The first kappa shape index (κ1) is 24.0. The van der Waals surface area contributed by atoms with Gasteiger partial charge in [-0.3, -0.25) is 9.48 Å². The summed E-state index contributed by atoms with van der Waals surface area (Å²) < 4.78 is 6.88. The van der Waals surface area contributed by atoms with E-state index in [4.69, 9.17) is 9.84 Å². The van der Waals surface area contributed by atoms with Crippen molar-refractivity contribution in [2.75, 3.05) is 11.9 Å². The number of carbonyl (C=O) groups is 3. The molecule has 35 heavy (non-hydrogen) atoms. The lowest BCUT2D eigenvalue weighted by Gasteiger charge is -2.29. The smallest absolute Gasteiger partial charge is 0.408 e. The molecule has 9 nitrogen and oxygen atoms in total. The second-order valence-electron chi connectivity index (χ2n) is 8.83. The van der Waals surface area contributed by atoms with Gasteiger partial charge in [0.15, 0.2) is 5.69 Å². The second-order valence-corrected chi connectivity index (χ2v) is 8.83. The predicted octanol–water partition coefficient (Wildman–Crippen LogP) is 4.15. The van der Waals surface area contributed by atoms with Crippen LogP contribution in [0.5, 0.6) is 0 Å². The Kier molecular flexibility index (Phi) is 6.59. The lowest BCUT2D eigenvalue weighted by Crippen LogP contribution is -2.55. The molecule has 1 aromatic heterocycles. The van der Waals surface area contributed by atoms with Crippen molar-refractivity contribution in [2.24, 2.45) is 7.05 Å². The van der Waals surface area contributed by atoms with E-state index in [0.717, 1.165) is 22.3 Å². The molecular weight excluding hydrogens is 448 g/mol. The molecule has 1 atom stereocenters. The van der Waals surface area contributed by atoms with Gasteiger partial charge in [-0.15, -0.1) is 0 Å². The zero-order valence-electron chi connectivity index (χ0n) is 19.9. The Bertz CT molecular complexity index is 1240. The third-order valence-electron chi connectivity index (χ3n) is 6.31. The fourth-order valence-electron chi connectivity index (χ4n) is 4.54. The number of alkyl carbamates (subject to hydrolysis) is 1. The van der Waals surface area contributed by atoms with E-state index in [1.54, 1.807) is 6.92 Å². The summed E-state index contributed by atoms with van der Waals surface area (Å²) in [6, 6.07) is 17.4. The third-order valence-corrected chi connectivity index (χ3v) is 6.31. The lowest BCUT2D eigenvalue weighted by molar-refractivity contribution is -0.122. The van der Waals surface area contributed by atoms with E-state index >= 15 is 0 Å². The van der Waals surface area contributed by atoms with E-state index < -0.39 is 23.5 Å². The van der Waals surface area contributed by atoms with Gasteiger partial charge in [-0.1, -0.05) is 61.9 Å². The zero-order valence-corrected chi connectivity index (χ0v) is 19.9. The SMILES string of the molecule is CCCC(C)(NC(=O)OCC1c2ccccc2-c2ccccc21)C(=O)Nc1cc(C(=O)O)nn1C. The van der Waals surface area contributed by atoms with Crippen molar-refractivity contribution < 1.29 is 24.2 Å². The molecule has 3 N–H and O–H groups in total. The van der Waals surface area contributed by atoms with Crippen LogP contribution in [0.4, 0.5) is 10.6 Å². The predicted molar refractivity (Wildman–Crippen MR) is 130 cm³/mol. The van der Waals surface area contributed by atoms with Gasteiger partial charge in [-0.05, 0) is 35.6 Å². The fraction of sp³-hybridized carbons (Fsp3) is 0.308. The van der Waals surface area contributed by atoms with E-state index in [1.165, 1.54) is 17.8 Å². The summed E-state index contributed by atoms with van der Waals surface area (Å²) in [5, 5.41) is 18.4. The quantitative estimate of drug-likeness (QED) is 0.449. The van der Waals surface area contributed by atoms with Crippen LogP contribution < -0.4 is 10.6 Å². The molecule has 1 heterocycles. The molecule has 3 aromatic rings. The molecule has 9 heteroatoms. The lowest BCUT2D eigenvalue weighted by atomic mass is 9.95. The first-order valence-electron chi connectivity index (χ1n) is 11.5. The number of aryl methyl sites for hydroxylation is 1. The Morgan fingerprint density at radius 2 is 1.69 bits per heavy atom. The molecule has 1 unspecified atom stereocenters. The maximum absolute atomic E-state index is 13.1. The number of amides is 2. The van der Waals surface area contributed by atoms with Crippen molar-refractivity contribution in [1.82, 2.24) is 15.1 Å². The maximum atomic E-state index is 13.1. The van der Waals surface area contributed by atoms with Gasteiger partial charge < -0.3 is 20.5 Å². The number of aromatic carboxylic acids is 1. The highest BCUT2D eigenvalue weighted by molar-refractivity contribution is 6.00. The Morgan fingerprint density at radius 1 is 1.09 bits per heavy atom. The van der Waals surface area contributed by atoms with Crippen molar-refractivity contribution in [1.29, 1.82) is 0 Å². The molecule has 0 fully saturated rings. The number of rotatable bonds is 8. The van der Waals surface area contributed by atoms with Gasteiger partial charge >= 0.3 is 12.1 Å². The highest BCUT2D eigenvalue weighted by Crippen LogP contribution is 2.44. The molecule has 0 spiro atoms. The standard InChI is InChI=1S/C26H28N4O5/c1-4-13-26(2,24(33)27-22-14-21(23(31)32)29-30(22)3)28-25(34)35-15-20-18-11-7-5-9-16(18)17-10-6-8-12-19(17)20/h5-12,14,20H,4,13,15H2,1-3H3,(H,27,33)(H,28,34)(H,31,32). The van der Waals surface area contributed by atoms with Crippen molar-refractivity contribution in [3.8, 4) is 11.1 Å². The molecule has 1 aliphatic carbocycles. The van der Waals surface area contributed by atoms with Gasteiger partial charge in [0, 0.05) is 19.0 Å². The molecule has 0 aliphatic heterocycles. The number of ether oxygens (including phenoxy) is 1. The van der Waals surface area contributed by atoms with Gasteiger partial charge in [0.1, 0.15) is 18.0 Å². The van der Waals surface area contributed by atoms with E-state index in [-0.39, 0.29) is 24.0 Å². The second kappa shape index (κ2) is 9.61. The fourth-order valence-corrected chi connectivity index (χ4v) is 4.54. The summed E-state index contributed by atoms with van der Waals surface area (Å²) in [5.74, 6) is -1.57. The van der Waals surface area contributed by atoms with Crippen LogP contribution in [0.15, 0.2) is 54.6 Å². The number of hydrogen-bond acceptors (Lipinski definition) is 5. The molecule has 2 aromatic carbocycles. The van der Waals surface area contributed by atoms with E-state index in [2.05, 4.69) is 27.9 Å². The highest BCUT2D eigenvalue weighted by atomic mass is 16.5. The number of benzene rings is 2. The number of nitrogens with one attached hydrogen (secondary N) is 2. The van der Waals surface area contributed by atoms with Crippen molar-refractivity contribution in [3.63, 3.8) is 0 Å². The summed E-state index contributed by atoms with van der Waals surface area (Å²) in [6.45, 7) is 3.65. The number of anilines is 1. The number of fused-ring (bicyclic) bond motifs is 3. The Hall–Kier alpha value is -4.14. The molecule has 182 valence electrons. The normalized spacial score (nSPS) is 13.9. The van der Waals surface area contributed by atoms with Crippen LogP contribution in [0.25, 0.3) is 11.1 Å². The monoisotopic (exact) mass is 476 g/mol. The van der Waals surface area contributed by atoms with Crippen molar-refractivity contribution in [2.45, 2.75) is 38.1 Å². The van der Waals surface area contributed by atoms with E-state index in [9.17, 15) is 14.4 Å². The van der Waals surface area contributed by atoms with Gasteiger partial charge in [0.05, 0.1) is 0 Å². The minimum Gasteiger partial charge on any atom is -0.476 e. The van der Waals surface area contributed by atoms with Crippen LogP contribution in [0.3, 0.4) is 0 Å². The third kappa shape index (κ3) is 4.75. The van der Waals surface area contributed by atoms with Crippen LogP contribution in [0, 0.1) is 0 Å². The topological polar surface area (TPSA) is 123 Å². The summed E-state index contributed by atoms with van der Waals surface area (Å²) in [5.41, 5.74) is 2.99. The molecular formula is C26H28N4O5. The van der Waals surface area contributed by atoms with Crippen molar-refractivity contribution >= 4 is 23.8 Å². The van der Waals surface area contributed by atoms with E-state index in [0.29, 0.717) is 12.8 Å². The van der Waals surface area contributed by atoms with Crippen LogP contribution in [0.1, 0.15) is 54.2 Å². The average molecular weight is 477 g/mol. The number of carbonyl (C=O) groups excluding carboxylic acids is 2. The van der Waals surface area contributed by atoms with Crippen LogP contribution in [0.2, 0.25) is 0 Å². The van der Waals surface area contributed by atoms with E-state index in [1.807, 2.05) is 43.3 Å². The zero-order chi connectivity index (χ0) is 25.2. The number of hydrogen-bond donors (Lipinski definition) is 3. The summed E-state index contributed by atoms with van der Waals surface area (Å²) in [6.07, 6.45) is 0.278. The van der Waals surface area contributed by atoms with Gasteiger partial charge in [-0.25, -0.2) is 9.59 Å². The Morgan fingerprint density at radius 3 is 2.23 bits per heavy atom. The first-order chi connectivity index (χ1) is 16.7. The summed E-state index contributed by atoms with van der Waals surface area (Å²) >= 11 is 0. The molecule has 0 saturated heterocycles. The molecule has 0 radical (unpaired) electrons. The number of carboxylic acid groups (broad SMARTS) is 1. The molecule has 0 bridgehead atoms. The highest BCUT2D eigenvalue weighted by Gasteiger charge is 2.36. The molecule has 2 amide bonds. The number of aromatic nitrogens is 2. The Balaban J connectivity index is 1.45. The van der Waals surface area contributed by atoms with Crippen LogP contribution in [-0.4, -0.2) is 45.0 Å². The van der Waals surface area contributed by atoms with Crippen LogP contribution >= 0.6 is 0 Å². The number of nitrogens with zero attached hydrogens (tertiary/aromatic N) is 2. The van der Waals surface area contributed by atoms with Crippen LogP contribution in [-0.2, 0) is 16.6 Å². The number of carboxylic acids is 1. The molecule has 0 saturated carbocycles. The average Bonchev–Trinajstić information content (AvgIpc) is 3.35.